The van der Waals surface area contributed by atoms with E-state index in [9.17, 15) is 0 Å². The van der Waals surface area contributed by atoms with E-state index in [4.69, 9.17) is 10.7 Å². The van der Waals surface area contributed by atoms with Crippen LogP contribution in [0.2, 0.25) is 0 Å². The summed E-state index contributed by atoms with van der Waals surface area (Å²) >= 11 is 1.81. The van der Waals surface area contributed by atoms with Gasteiger partial charge in [0.05, 0.1) is 5.69 Å². The minimum Gasteiger partial charge on any atom is -0.348 e. The Hall–Kier alpha value is -0.610. The fourth-order valence-corrected chi connectivity index (χ4v) is 3.95. The second-order valence-corrected chi connectivity index (χ2v) is 7.05. The molecule has 0 fully saturated rings. The van der Waals surface area contributed by atoms with Crippen molar-refractivity contribution in [2.45, 2.75) is 53.0 Å². The van der Waals surface area contributed by atoms with Crippen LogP contribution in [0.25, 0.3) is 0 Å². The summed E-state index contributed by atoms with van der Waals surface area (Å²) in [4.78, 5) is 8.53. The van der Waals surface area contributed by atoms with Crippen molar-refractivity contribution in [1.29, 1.82) is 0 Å². The highest BCUT2D eigenvalue weighted by atomic mass is 32.1. The number of fused-ring (bicyclic) bond motifs is 1. The van der Waals surface area contributed by atoms with E-state index in [2.05, 4.69) is 32.6 Å². The second-order valence-electron chi connectivity index (χ2n) is 6.04. The molecule has 1 aliphatic rings. The van der Waals surface area contributed by atoms with Gasteiger partial charge in [-0.15, -0.1) is 0 Å². The first-order valence-electron chi connectivity index (χ1n) is 6.97. The number of nitrogens with zero attached hydrogens (tertiary/aromatic N) is 2. The van der Waals surface area contributed by atoms with E-state index in [-0.39, 0.29) is 6.04 Å². The molecule has 1 aromatic heterocycles. The van der Waals surface area contributed by atoms with Crippen molar-refractivity contribution in [3.05, 3.63) is 10.6 Å². The second kappa shape index (κ2) is 5.17. The van der Waals surface area contributed by atoms with Gasteiger partial charge in [-0.3, -0.25) is 0 Å². The molecule has 1 heterocycles. The number of rotatable bonds is 4. The molecule has 0 amide bonds. The molecule has 0 aromatic carbocycles. The number of hydrogen-bond donors (Lipinski definition) is 1. The summed E-state index contributed by atoms with van der Waals surface area (Å²) in [5.74, 6) is 0. The van der Waals surface area contributed by atoms with Crippen molar-refractivity contribution in [1.82, 2.24) is 4.98 Å². The number of aromatic nitrogens is 1. The summed E-state index contributed by atoms with van der Waals surface area (Å²) in [6, 6.07) is 0.176. The van der Waals surface area contributed by atoms with E-state index in [1.807, 2.05) is 0 Å². The lowest BCUT2D eigenvalue weighted by Gasteiger charge is -2.32. The zero-order chi connectivity index (χ0) is 13.3. The molecule has 1 aromatic rings. The third kappa shape index (κ3) is 2.69. The Balaban J connectivity index is 2.28. The van der Waals surface area contributed by atoms with Crippen LogP contribution in [-0.4, -0.2) is 18.1 Å². The molecule has 0 aliphatic heterocycles. The van der Waals surface area contributed by atoms with E-state index in [1.54, 1.807) is 11.3 Å². The Kier molecular flexibility index (Phi) is 3.97. The molecule has 0 spiro atoms. The third-order valence-electron chi connectivity index (χ3n) is 3.62. The Morgan fingerprint density at radius 3 is 2.78 bits per heavy atom. The Bertz CT molecular complexity index is 411. The van der Waals surface area contributed by atoms with Gasteiger partial charge in [0.2, 0.25) is 0 Å². The molecule has 4 heteroatoms. The predicted molar refractivity (Wildman–Crippen MR) is 79.3 cm³/mol. The summed E-state index contributed by atoms with van der Waals surface area (Å²) < 4.78 is 0. The molecule has 1 aliphatic carbocycles. The van der Waals surface area contributed by atoms with Crippen LogP contribution in [0.3, 0.4) is 0 Å². The maximum Gasteiger partial charge on any atom is 0.185 e. The maximum absolute atomic E-state index is 6.30. The van der Waals surface area contributed by atoms with Gasteiger partial charge in [0.15, 0.2) is 5.13 Å². The summed E-state index contributed by atoms with van der Waals surface area (Å²) in [6.07, 6.45) is 3.30. The zero-order valence-electron chi connectivity index (χ0n) is 12.0. The quantitative estimate of drug-likeness (QED) is 0.909. The molecule has 102 valence electrons. The Morgan fingerprint density at radius 2 is 2.17 bits per heavy atom. The average molecular weight is 267 g/mol. The lowest BCUT2D eigenvalue weighted by molar-refractivity contribution is 0.282. The van der Waals surface area contributed by atoms with E-state index in [1.165, 1.54) is 10.6 Å². The Morgan fingerprint density at radius 1 is 1.44 bits per heavy atom. The van der Waals surface area contributed by atoms with E-state index in [0.29, 0.717) is 5.41 Å². The van der Waals surface area contributed by atoms with Gasteiger partial charge in [0, 0.05) is 24.0 Å². The molecular formula is C14H25N3S. The van der Waals surface area contributed by atoms with Crippen molar-refractivity contribution in [2.75, 3.05) is 18.0 Å². The van der Waals surface area contributed by atoms with E-state index < -0.39 is 0 Å². The van der Waals surface area contributed by atoms with E-state index >= 15 is 0 Å². The van der Waals surface area contributed by atoms with Crippen molar-refractivity contribution >= 4 is 16.5 Å². The molecule has 1 unspecified atom stereocenters. The van der Waals surface area contributed by atoms with Gasteiger partial charge in [-0.25, -0.2) is 4.98 Å². The molecule has 0 saturated heterocycles. The number of nitrogens with two attached hydrogens (primary N) is 1. The van der Waals surface area contributed by atoms with Crippen molar-refractivity contribution in [3.8, 4) is 0 Å². The lowest BCUT2D eigenvalue weighted by Crippen LogP contribution is -2.28. The van der Waals surface area contributed by atoms with Crippen LogP contribution in [0.5, 0.6) is 0 Å². The van der Waals surface area contributed by atoms with E-state index in [0.717, 1.165) is 37.5 Å². The van der Waals surface area contributed by atoms with Crippen molar-refractivity contribution < 1.29 is 0 Å². The summed E-state index contributed by atoms with van der Waals surface area (Å²) in [7, 11) is 0. The lowest BCUT2D eigenvalue weighted by atomic mass is 9.77. The largest absolute Gasteiger partial charge is 0.348 e. The molecule has 0 saturated carbocycles. The van der Waals surface area contributed by atoms with Crippen LogP contribution in [0, 0.1) is 5.41 Å². The molecule has 0 radical (unpaired) electrons. The van der Waals surface area contributed by atoms with Crippen LogP contribution < -0.4 is 10.6 Å². The van der Waals surface area contributed by atoms with Gasteiger partial charge in [-0.2, -0.15) is 0 Å². The molecule has 1 atom stereocenters. The van der Waals surface area contributed by atoms with Gasteiger partial charge in [-0.1, -0.05) is 32.1 Å². The van der Waals surface area contributed by atoms with Crippen molar-refractivity contribution in [3.63, 3.8) is 0 Å². The molecule has 2 rings (SSSR count). The molecule has 2 N–H and O–H groups in total. The highest BCUT2D eigenvalue weighted by Gasteiger charge is 2.33. The zero-order valence-corrected chi connectivity index (χ0v) is 12.8. The fourth-order valence-electron chi connectivity index (χ4n) is 2.77. The van der Waals surface area contributed by atoms with Gasteiger partial charge in [0.1, 0.15) is 0 Å². The van der Waals surface area contributed by atoms with Crippen LogP contribution in [-0.2, 0) is 6.42 Å². The van der Waals surface area contributed by atoms with Gasteiger partial charge in [-0.05, 0) is 31.6 Å². The first-order chi connectivity index (χ1) is 8.46. The summed E-state index contributed by atoms with van der Waals surface area (Å²) in [5.41, 5.74) is 7.84. The molecule has 0 bridgehead atoms. The predicted octanol–water partition coefficient (Wildman–Crippen LogP) is 3.35. The smallest absolute Gasteiger partial charge is 0.185 e. The first-order valence-corrected chi connectivity index (χ1v) is 7.78. The number of anilines is 1. The van der Waals surface area contributed by atoms with Crippen LogP contribution in [0.15, 0.2) is 0 Å². The number of hydrogen-bond acceptors (Lipinski definition) is 4. The van der Waals surface area contributed by atoms with Gasteiger partial charge < -0.3 is 10.6 Å². The van der Waals surface area contributed by atoms with Crippen molar-refractivity contribution in [2.24, 2.45) is 11.1 Å². The SMILES string of the molecule is CCCN(CC)c1nc2c(s1)C(N)CC(C)(C)C2. The minimum absolute atomic E-state index is 0.176. The molecule has 18 heavy (non-hydrogen) atoms. The molecule has 3 nitrogen and oxygen atoms in total. The highest BCUT2D eigenvalue weighted by molar-refractivity contribution is 7.15. The van der Waals surface area contributed by atoms with Crippen LogP contribution in [0.4, 0.5) is 5.13 Å². The Labute approximate surface area is 114 Å². The summed E-state index contributed by atoms with van der Waals surface area (Å²) in [5, 5.41) is 1.16. The van der Waals surface area contributed by atoms with Crippen LogP contribution >= 0.6 is 11.3 Å². The monoisotopic (exact) mass is 267 g/mol. The van der Waals surface area contributed by atoms with Gasteiger partial charge >= 0.3 is 0 Å². The number of thiazole rings is 1. The first kappa shape index (κ1) is 13.8. The topological polar surface area (TPSA) is 42.2 Å². The molecular weight excluding hydrogens is 242 g/mol. The standard InChI is InChI=1S/C14H25N3S/c1-5-7-17(6-2)13-16-11-9-14(3,4)8-10(15)12(11)18-13/h10H,5-9,15H2,1-4H3. The normalized spacial score (nSPS) is 21.7. The van der Waals surface area contributed by atoms with Crippen LogP contribution in [0.1, 0.15) is 57.1 Å². The maximum atomic E-state index is 6.30. The highest BCUT2D eigenvalue weighted by Crippen LogP contribution is 2.43. The van der Waals surface area contributed by atoms with Gasteiger partial charge in [0.25, 0.3) is 0 Å². The third-order valence-corrected chi connectivity index (χ3v) is 4.91. The summed E-state index contributed by atoms with van der Waals surface area (Å²) in [6.45, 7) is 11.1. The minimum atomic E-state index is 0.176. The fraction of sp³-hybridized carbons (Fsp3) is 0.786. The average Bonchev–Trinajstić information content (AvgIpc) is 2.67.